The Morgan fingerprint density at radius 1 is 1.31 bits per heavy atom. The quantitative estimate of drug-likeness (QED) is 0.678. The molecule has 5 nitrogen and oxygen atoms in total. The van der Waals surface area contributed by atoms with Crippen molar-refractivity contribution in [1.82, 2.24) is 9.55 Å². The molecule has 0 bridgehead atoms. The molecule has 0 radical (unpaired) electrons. The first-order valence-electron chi connectivity index (χ1n) is 8.78. The van der Waals surface area contributed by atoms with Gasteiger partial charge in [0.2, 0.25) is 0 Å². The number of hydrogen-bond acceptors (Lipinski definition) is 4. The summed E-state index contributed by atoms with van der Waals surface area (Å²) in [5.74, 6) is 0.752. The van der Waals surface area contributed by atoms with Gasteiger partial charge in [-0.25, -0.2) is 0 Å². The number of thiophene rings is 1. The number of H-pyrrole nitrogens is 1. The number of nitrogens with zero attached hydrogens (tertiary/aromatic N) is 1. The molecule has 0 aliphatic carbocycles. The summed E-state index contributed by atoms with van der Waals surface area (Å²) >= 11 is 7.18. The Morgan fingerprint density at radius 2 is 2.04 bits per heavy atom. The minimum atomic E-state index is -0.0283. The van der Waals surface area contributed by atoms with Gasteiger partial charge >= 0.3 is 0 Å². The summed E-state index contributed by atoms with van der Waals surface area (Å²) in [6, 6.07) is 7.99. The summed E-state index contributed by atoms with van der Waals surface area (Å²) in [4.78, 5) is 20.4. The summed E-state index contributed by atoms with van der Waals surface area (Å²) < 4.78 is 7.22. The Hall–Kier alpha value is -1.96. The number of fused-ring (bicyclic) bond motifs is 3. The molecule has 0 saturated heterocycles. The van der Waals surface area contributed by atoms with Gasteiger partial charge in [0, 0.05) is 6.42 Å². The Balaban J connectivity index is 1.89. The number of methoxy groups -OCH3 is 1. The largest absolute Gasteiger partial charge is 0.497 e. The van der Waals surface area contributed by atoms with E-state index in [0.717, 1.165) is 41.2 Å². The second-order valence-electron chi connectivity index (χ2n) is 6.97. The molecule has 1 aromatic carbocycles. The Bertz CT molecular complexity index is 1080. The van der Waals surface area contributed by atoms with Crippen molar-refractivity contribution in [2.24, 2.45) is 0 Å². The average molecular weight is 389 g/mol. The molecule has 4 rings (SSSR count). The summed E-state index contributed by atoms with van der Waals surface area (Å²) in [6.07, 6.45) is 0.936. The molecule has 1 atom stereocenters. The Morgan fingerprint density at radius 3 is 2.69 bits per heavy atom. The van der Waals surface area contributed by atoms with Crippen LogP contribution >= 0.6 is 23.6 Å². The van der Waals surface area contributed by atoms with E-state index < -0.39 is 0 Å². The molecular weight excluding hydrogens is 366 g/mol. The van der Waals surface area contributed by atoms with Gasteiger partial charge in [-0.15, -0.1) is 11.3 Å². The molecule has 136 valence electrons. The monoisotopic (exact) mass is 388 g/mol. The summed E-state index contributed by atoms with van der Waals surface area (Å²) in [5, 5.41) is 0.803. The normalized spacial score (nSPS) is 16.8. The fraction of sp³-hybridized carbons (Fsp3) is 0.368. The van der Waals surface area contributed by atoms with Gasteiger partial charge in [0.25, 0.3) is 5.56 Å². The van der Waals surface area contributed by atoms with Crippen LogP contribution < -0.4 is 15.2 Å². The van der Waals surface area contributed by atoms with Crippen LogP contribution in [0.2, 0.25) is 0 Å². The van der Waals surface area contributed by atoms with E-state index in [-0.39, 0.29) is 5.56 Å². The lowest BCUT2D eigenvalue weighted by Crippen LogP contribution is -3.14. The molecule has 1 unspecified atom stereocenters. The number of aromatic nitrogens is 2. The number of nitrogens with one attached hydrogen (secondary N) is 2. The minimum absolute atomic E-state index is 0.0283. The molecule has 26 heavy (non-hydrogen) atoms. The average Bonchev–Trinajstić information content (AvgIpc) is 2.99. The first kappa shape index (κ1) is 17.5. The van der Waals surface area contributed by atoms with E-state index in [9.17, 15) is 4.79 Å². The van der Waals surface area contributed by atoms with Crippen LogP contribution in [0.25, 0.3) is 15.9 Å². The standard InChI is InChI=1S/C19H21N3O2S2/c1-11(2)21-9-8-14-15(10-21)26-17-16(14)18(23)22(19(25)20-17)12-4-6-13(24-3)7-5-12/h4-7,11H,8-10H2,1-3H3,(H,20,25)/p+1. The molecule has 3 aromatic rings. The molecule has 2 N–H and O–H groups in total. The van der Waals surface area contributed by atoms with Crippen LogP contribution in [-0.2, 0) is 13.0 Å². The highest BCUT2D eigenvalue weighted by Crippen LogP contribution is 2.29. The molecular formula is C19H22N3O2S2+. The first-order valence-corrected chi connectivity index (χ1v) is 10.0. The van der Waals surface area contributed by atoms with E-state index >= 15 is 0 Å². The third-order valence-electron chi connectivity index (χ3n) is 5.16. The lowest BCUT2D eigenvalue weighted by atomic mass is 10.0. The van der Waals surface area contributed by atoms with Crippen molar-refractivity contribution in [3.63, 3.8) is 0 Å². The highest BCUT2D eigenvalue weighted by Gasteiger charge is 2.27. The maximum Gasteiger partial charge on any atom is 0.267 e. The van der Waals surface area contributed by atoms with E-state index in [0.29, 0.717) is 10.8 Å². The Kier molecular flexibility index (Phi) is 4.46. The molecule has 7 heteroatoms. The van der Waals surface area contributed by atoms with E-state index in [1.807, 2.05) is 24.3 Å². The fourth-order valence-electron chi connectivity index (χ4n) is 3.63. The van der Waals surface area contributed by atoms with Gasteiger partial charge in [-0.1, -0.05) is 0 Å². The van der Waals surface area contributed by atoms with Crippen LogP contribution in [0, 0.1) is 4.77 Å². The van der Waals surface area contributed by atoms with Gasteiger partial charge in [0.15, 0.2) is 4.77 Å². The predicted molar refractivity (Wildman–Crippen MR) is 108 cm³/mol. The lowest BCUT2D eigenvalue weighted by molar-refractivity contribution is -0.936. The number of rotatable bonds is 3. The molecule has 0 fully saturated rings. The summed E-state index contributed by atoms with van der Waals surface area (Å²) in [6.45, 7) is 6.54. The van der Waals surface area contributed by atoms with Crippen molar-refractivity contribution < 1.29 is 9.64 Å². The third kappa shape index (κ3) is 2.80. The zero-order chi connectivity index (χ0) is 18.4. The first-order chi connectivity index (χ1) is 12.5. The third-order valence-corrected chi connectivity index (χ3v) is 6.59. The molecule has 0 amide bonds. The highest BCUT2D eigenvalue weighted by molar-refractivity contribution is 7.71. The number of hydrogen-bond donors (Lipinski definition) is 2. The summed E-state index contributed by atoms with van der Waals surface area (Å²) in [7, 11) is 1.62. The molecule has 2 aromatic heterocycles. The van der Waals surface area contributed by atoms with Gasteiger partial charge in [-0.05, 0) is 55.9 Å². The second kappa shape index (κ2) is 6.64. The SMILES string of the molecule is COc1ccc(-n2c(=S)[nH]c3sc4c(c3c2=O)CC[NH+](C(C)C)C4)cc1. The van der Waals surface area contributed by atoms with Crippen molar-refractivity contribution in [1.29, 1.82) is 0 Å². The topological polar surface area (TPSA) is 51.5 Å². The Labute approximate surface area is 160 Å². The van der Waals surface area contributed by atoms with Crippen LogP contribution in [0.1, 0.15) is 24.3 Å². The lowest BCUT2D eigenvalue weighted by Gasteiger charge is -2.27. The van der Waals surface area contributed by atoms with Crippen molar-refractivity contribution in [3.05, 3.63) is 49.8 Å². The summed E-state index contributed by atoms with van der Waals surface area (Å²) in [5.41, 5.74) is 1.93. The minimum Gasteiger partial charge on any atom is -0.497 e. The van der Waals surface area contributed by atoms with Crippen molar-refractivity contribution >= 4 is 33.8 Å². The number of ether oxygens (including phenoxy) is 1. The van der Waals surface area contributed by atoms with Crippen molar-refractivity contribution in [2.45, 2.75) is 32.9 Å². The van der Waals surface area contributed by atoms with Gasteiger partial charge in [-0.3, -0.25) is 9.36 Å². The van der Waals surface area contributed by atoms with Crippen LogP contribution in [-0.4, -0.2) is 29.2 Å². The maximum atomic E-state index is 13.3. The van der Waals surface area contributed by atoms with Gasteiger partial charge in [0.05, 0.1) is 35.6 Å². The van der Waals surface area contributed by atoms with Gasteiger partial charge < -0.3 is 14.6 Å². The van der Waals surface area contributed by atoms with E-state index in [4.69, 9.17) is 17.0 Å². The van der Waals surface area contributed by atoms with E-state index in [1.165, 1.54) is 10.4 Å². The molecule has 0 saturated carbocycles. The van der Waals surface area contributed by atoms with Crippen LogP contribution in [0.15, 0.2) is 29.1 Å². The van der Waals surface area contributed by atoms with E-state index in [2.05, 4.69) is 18.8 Å². The zero-order valence-electron chi connectivity index (χ0n) is 15.1. The van der Waals surface area contributed by atoms with Crippen LogP contribution in [0.5, 0.6) is 5.75 Å². The number of benzene rings is 1. The van der Waals surface area contributed by atoms with Gasteiger partial charge in [-0.2, -0.15) is 0 Å². The van der Waals surface area contributed by atoms with Gasteiger partial charge in [0.1, 0.15) is 17.1 Å². The number of quaternary nitrogens is 1. The molecule has 0 spiro atoms. The van der Waals surface area contributed by atoms with Crippen molar-refractivity contribution in [3.8, 4) is 11.4 Å². The maximum absolute atomic E-state index is 13.3. The molecule has 1 aliphatic rings. The van der Waals surface area contributed by atoms with Crippen LogP contribution in [0.4, 0.5) is 0 Å². The van der Waals surface area contributed by atoms with Crippen LogP contribution in [0.3, 0.4) is 0 Å². The molecule has 3 heterocycles. The predicted octanol–water partition coefficient (Wildman–Crippen LogP) is 2.47. The number of aromatic amines is 1. The highest BCUT2D eigenvalue weighted by atomic mass is 32.1. The van der Waals surface area contributed by atoms with Crippen molar-refractivity contribution in [2.75, 3.05) is 13.7 Å². The zero-order valence-corrected chi connectivity index (χ0v) is 16.7. The van der Waals surface area contributed by atoms with E-state index in [1.54, 1.807) is 27.9 Å². The second-order valence-corrected chi connectivity index (χ2v) is 8.46. The fourth-order valence-corrected chi connectivity index (χ4v) is 5.28. The molecule has 1 aliphatic heterocycles. The smallest absolute Gasteiger partial charge is 0.267 e.